The van der Waals surface area contributed by atoms with Crippen LogP contribution >= 0.6 is 0 Å². The minimum Gasteiger partial charge on any atom is -0.410 e. The van der Waals surface area contributed by atoms with E-state index in [1.807, 2.05) is 0 Å². The number of aryl methyl sites for hydroxylation is 1. The van der Waals surface area contributed by atoms with Crippen LogP contribution in [-0.2, 0) is 10.8 Å². The Morgan fingerprint density at radius 3 is 2.50 bits per heavy atom. The van der Waals surface area contributed by atoms with Gasteiger partial charge in [0.05, 0.1) is 6.10 Å². The van der Waals surface area contributed by atoms with E-state index in [1.54, 1.807) is 0 Å². The fourth-order valence-corrected chi connectivity index (χ4v) is 3.76. The van der Waals surface area contributed by atoms with Gasteiger partial charge in [0.1, 0.15) is 0 Å². The van der Waals surface area contributed by atoms with Crippen molar-refractivity contribution in [3.8, 4) is 0 Å². The topological polar surface area (TPSA) is 9.23 Å². The van der Waals surface area contributed by atoms with Crippen molar-refractivity contribution < 1.29 is 4.43 Å². The Balaban J connectivity index is 2.23. The third kappa shape index (κ3) is 2.41. The molecule has 0 bridgehead atoms. The lowest BCUT2D eigenvalue weighted by Gasteiger charge is -2.38. The predicted octanol–water partition coefficient (Wildman–Crippen LogP) is 5.00. The molecule has 1 aromatic rings. The van der Waals surface area contributed by atoms with Crippen LogP contribution in [0.25, 0.3) is 0 Å². The average Bonchev–Trinajstić information content (AvgIpc) is 2.61. The molecule has 2 heteroatoms. The summed E-state index contributed by atoms with van der Waals surface area (Å²) in [4.78, 5) is 0. The zero-order valence-electron chi connectivity index (χ0n) is 12.6. The normalized spacial score (nSPS) is 20.0. The largest absolute Gasteiger partial charge is 0.410 e. The maximum atomic E-state index is 6.58. The maximum Gasteiger partial charge on any atom is 0.192 e. The van der Waals surface area contributed by atoms with Gasteiger partial charge >= 0.3 is 0 Å². The summed E-state index contributed by atoms with van der Waals surface area (Å²) in [7, 11) is -1.66. The summed E-state index contributed by atoms with van der Waals surface area (Å²) in [6, 6.07) is 6.64. The van der Waals surface area contributed by atoms with Crippen molar-refractivity contribution in [2.75, 3.05) is 0 Å². The highest BCUT2D eigenvalue weighted by atomic mass is 28.4. The highest BCUT2D eigenvalue weighted by molar-refractivity contribution is 6.74. The molecule has 1 unspecified atom stereocenters. The summed E-state index contributed by atoms with van der Waals surface area (Å²) < 4.78 is 6.58. The molecule has 100 valence electrons. The Morgan fingerprint density at radius 2 is 1.89 bits per heavy atom. The van der Waals surface area contributed by atoms with Gasteiger partial charge in [0.25, 0.3) is 0 Å². The summed E-state index contributed by atoms with van der Waals surface area (Å²) in [5, 5.41) is 0.291. The van der Waals surface area contributed by atoms with E-state index < -0.39 is 8.32 Å². The van der Waals surface area contributed by atoms with E-state index in [1.165, 1.54) is 23.1 Å². The first-order valence-corrected chi connectivity index (χ1v) is 9.89. The average molecular weight is 262 g/mol. The number of hydrogen-bond acceptors (Lipinski definition) is 1. The lowest BCUT2D eigenvalue weighted by molar-refractivity contribution is 0.185. The standard InChI is InChI=1S/C16H26OSi/c1-12-8-7-9-14-13(12)10-11-15(14)17-18(5,6)16(2,3)4/h7-9,15H,10-11H2,1-6H3. The van der Waals surface area contributed by atoms with E-state index in [2.05, 4.69) is 59.0 Å². The molecule has 1 atom stereocenters. The minimum absolute atomic E-state index is 0.291. The van der Waals surface area contributed by atoms with Crippen molar-refractivity contribution in [1.82, 2.24) is 0 Å². The van der Waals surface area contributed by atoms with Gasteiger partial charge in [-0.15, -0.1) is 0 Å². The maximum absolute atomic E-state index is 6.58. The Bertz CT molecular complexity index is 443. The van der Waals surface area contributed by atoms with Gasteiger partial charge < -0.3 is 4.43 Å². The van der Waals surface area contributed by atoms with Crippen LogP contribution < -0.4 is 0 Å². The summed E-state index contributed by atoms with van der Waals surface area (Å²) in [6.45, 7) is 13.8. The molecule has 0 saturated carbocycles. The molecule has 0 N–H and O–H groups in total. The fraction of sp³-hybridized carbons (Fsp3) is 0.625. The van der Waals surface area contributed by atoms with E-state index in [-0.39, 0.29) is 0 Å². The second-order valence-electron chi connectivity index (χ2n) is 7.05. The lowest BCUT2D eigenvalue weighted by Crippen LogP contribution is -2.41. The second-order valence-corrected chi connectivity index (χ2v) is 11.8. The summed E-state index contributed by atoms with van der Waals surface area (Å²) in [5.74, 6) is 0. The molecule has 0 heterocycles. The van der Waals surface area contributed by atoms with E-state index >= 15 is 0 Å². The van der Waals surface area contributed by atoms with Crippen LogP contribution in [0.15, 0.2) is 18.2 Å². The third-order valence-electron chi connectivity index (χ3n) is 4.69. The lowest BCUT2D eigenvalue weighted by atomic mass is 10.0. The van der Waals surface area contributed by atoms with Crippen molar-refractivity contribution in [2.45, 2.75) is 64.8 Å². The Labute approximate surface area is 113 Å². The molecule has 0 fully saturated rings. The number of rotatable bonds is 2. The van der Waals surface area contributed by atoms with Crippen LogP contribution in [0, 0.1) is 6.92 Å². The Kier molecular flexibility index (Phi) is 3.45. The first-order chi connectivity index (χ1) is 8.22. The van der Waals surface area contributed by atoms with Crippen LogP contribution in [-0.4, -0.2) is 8.32 Å². The zero-order chi connectivity index (χ0) is 13.6. The number of fused-ring (bicyclic) bond motifs is 1. The molecule has 1 aliphatic rings. The quantitative estimate of drug-likeness (QED) is 0.681. The molecule has 0 saturated heterocycles. The van der Waals surface area contributed by atoms with Gasteiger partial charge in [0, 0.05) is 0 Å². The van der Waals surface area contributed by atoms with Gasteiger partial charge in [-0.25, -0.2) is 0 Å². The molecule has 1 nitrogen and oxygen atoms in total. The Morgan fingerprint density at radius 1 is 1.22 bits per heavy atom. The molecule has 0 aromatic heterocycles. The van der Waals surface area contributed by atoms with Gasteiger partial charge in [-0.1, -0.05) is 39.0 Å². The highest BCUT2D eigenvalue weighted by Gasteiger charge is 2.40. The van der Waals surface area contributed by atoms with Crippen molar-refractivity contribution in [2.24, 2.45) is 0 Å². The van der Waals surface area contributed by atoms with Crippen molar-refractivity contribution in [3.63, 3.8) is 0 Å². The fourth-order valence-electron chi connectivity index (χ4n) is 2.45. The van der Waals surface area contributed by atoms with E-state index in [0.717, 1.165) is 6.42 Å². The molecule has 18 heavy (non-hydrogen) atoms. The van der Waals surface area contributed by atoms with E-state index in [4.69, 9.17) is 4.43 Å². The van der Waals surface area contributed by atoms with Crippen molar-refractivity contribution in [3.05, 3.63) is 34.9 Å². The number of benzene rings is 1. The highest BCUT2D eigenvalue weighted by Crippen LogP contribution is 2.43. The smallest absolute Gasteiger partial charge is 0.192 e. The summed E-state index contributed by atoms with van der Waals surface area (Å²) >= 11 is 0. The van der Waals surface area contributed by atoms with Gasteiger partial charge in [-0.3, -0.25) is 0 Å². The van der Waals surface area contributed by atoms with E-state index in [0.29, 0.717) is 11.1 Å². The van der Waals surface area contributed by atoms with Crippen molar-refractivity contribution >= 4 is 8.32 Å². The number of hydrogen-bond donors (Lipinski definition) is 0. The van der Waals surface area contributed by atoms with E-state index in [9.17, 15) is 0 Å². The van der Waals surface area contributed by atoms with Gasteiger partial charge in [0.15, 0.2) is 8.32 Å². The molecular weight excluding hydrogens is 236 g/mol. The third-order valence-corrected chi connectivity index (χ3v) is 9.18. The summed E-state index contributed by atoms with van der Waals surface area (Å²) in [6.07, 6.45) is 2.68. The second kappa shape index (κ2) is 4.50. The van der Waals surface area contributed by atoms with Gasteiger partial charge in [-0.2, -0.15) is 0 Å². The molecular formula is C16H26OSi. The zero-order valence-corrected chi connectivity index (χ0v) is 13.6. The monoisotopic (exact) mass is 262 g/mol. The van der Waals surface area contributed by atoms with Gasteiger partial charge in [-0.05, 0) is 54.6 Å². The van der Waals surface area contributed by atoms with Crippen LogP contribution in [0.3, 0.4) is 0 Å². The van der Waals surface area contributed by atoms with Crippen molar-refractivity contribution in [1.29, 1.82) is 0 Å². The minimum atomic E-state index is -1.66. The Hall–Kier alpha value is -0.603. The molecule has 1 aliphatic carbocycles. The molecule has 1 aromatic carbocycles. The first-order valence-electron chi connectivity index (χ1n) is 6.98. The van der Waals surface area contributed by atoms with Crippen LogP contribution in [0.1, 0.15) is 50.0 Å². The van der Waals surface area contributed by atoms with Crippen LogP contribution in [0.5, 0.6) is 0 Å². The predicted molar refractivity (Wildman–Crippen MR) is 80.5 cm³/mol. The molecule has 2 rings (SSSR count). The first kappa shape index (κ1) is 13.8. The van der Waals surface area contributed by atoms with Crippen LogP contribution in [0.4, 0.5) is 0 Å². The van der Waals surface area contributed by atoms with Gasteiger partial charge in [0.2, 0.25) is 0 Å². The summed E-state index contributed by atoms with van der Waals surface area (Å²) in [5.41, 5.74) is 4.40. The molecule has 0 spiro atoms. The molecule has 0 aliphatic heterocycles. The molecule has 0 radical (unpaired) electrons. The molecule has 0 amide bonds. The van der Waals surface area contributed by atoms with Crippen LogP contribution in [0.2, 0.25) is 18.1 Å². The SMILES string of the molecule is Cc1cccc2c1CCC2O[Si](C)(C)C(C)(C)C.